The third-order valence-corrected chi connectivity index (χ3v) is 6.91. The van der Waals surface area contributed by atoms with E-state index in [0.29, 0.717) is 13.1 Å². The minimum atomic E-state index is -3.57. The van der Waals surface area contributed by atoms with Crippen LogP contribution in [-0.2, 0) is 10.0 Å². The van der Waals surface area contributed by atoms with Crippen LogP contribution in [0.5, 0.6) is 0 Å². The van der Waals surface area contributed by atoms with Crippen LogP contribution in [0.2, 0.25) is 0 Å². The summed E-state index contributed by atoms with van der Waals surface area (Å²) >= 11 is 2.71. The van der Waals surface area contributed by atoms with Crippen molar-refractivity contribution in [2.45, 2.75) is 29.2 Å². The zero-order chi connectivity index (χ0) is 14.2. The largest absolute Gasteiger partial charge is 0.477 e. The molecule has 1 fully saturated rings. The molecule has 0 radical (unpaired) electrons. The number of nitrogens with zero attached hydrogens (tertiary/aromatic N) is 1. The molecule has 2 atom stereocenters. The Labute approximate surface area is 120 Å². The van der Waals surface area contributed by atoms with Crippen molar-refractivity contribution in [3.8, 4) is 0 Å². The summed E-state index contributed by atoms with van der Waals surface area (Å²) in [6.07, 6.45) is 0. The van der Waals surface area contributed by atoms with Crippen molar-refractivity contribution < 1.29 is 18.3 Å². The lowest BCUT2D eigenvalue weighted by molar-refractivity contribution is 0.0702. The van der Waals surface area contributed by atoms with Crippen molar-refractivity contribution in [2.24, 2.45) is 0 Å². The number of hydrogen-bond donors (Lipinski definition) is 1. The van der Waals surface area contributed by atoms with E-state index >= 15 is 0 Å². The summed E-state index contributed by atoms with van der Waals surface area (Å²) in [5.41, 5.74) is 0. The standard InChI is InChI=1S/C11H15NO4S3/c1-7-4-12(5-8(2)18-7)19(15,16)9-3-10(11(13)14)17-6-9/h3,6-8H,4-5H2,1-2H3,(H,13,14). The van der Waals surface area contributed by atoms with Crippen molar-refractivity contribution in [3.05, 3.63) is 16.3 Å². The molecule has 0 saturated carbocycles. The fraction of sp³-hybridized carbons (Fsp3) is 0.545. The number of rotatable bonds is 3. The summed E-state index contributed by atoms with van der Waals surface area (Å²) in [6.45, 7) is 4.93. The highest BCUT2D eigenvalue weighted by Gasteiger charge is 2.32. The number of aromatic carboxylic acids is 1. The van der Waals surface area contributed by atoms with Gasteiger partial charge >= 0.3 is 5.97 Å². The first kappa shape index (κ1) is 14.8. The molecule has 19 heavy (non-hydrogen) atoms. The van der Waals surface area contributed by atoms with Gasteiger partial charge in [0, 0.05) is 29.0 Å². The van der Waals surface area contributed by atoms with Gasteiger partial charge in [-0.25, -0.2) is 13.2 Å². The van der Waals surface area contributed by atoms with Gasteiger partial charge in [-0.1, -0.05) is 13.8 Å². The Kier molecular flexibility index (Phi) is 4.24. The van der Waals surface area contributed by atoms with Gasteiger partial charge < -0.3 is 5.11 Å². The number of carboxylic acids is 1. The van der Waals surface area contributed by atoms with Gasteiger partial charge in [0.2, 0.25) is 10.0 Å². The predicted molar refractivity (Wildman–Crippen MR) is 76.6 cm³/mol. The highest BCUT2D eigenvalue weighted by molar-refractivity contribution is 8.00. The van der Waals surface area contributed by atoms with Gasteiger partial charge in [0.05, 0.1) is 4.90 Å². The number of carbonyl (C=O) groups is 1. The van der Waals surface area contributed by atoms with Crippen LogP contribution >= 0.6 is 23.1 Å². The molecule has 2 rings (SSSR count). The Morgan fingerprint density at radius 1 is 1.37 bits per heavy atom. The van der Waals surface area contributed by atoms with E-state index in [1.807, 2.05) is 13.8 Å². The van der Waals surface area contributed by atoms with Crippen LogP contribution in [0.15, 0.2) is 16.3 Å². The Balaban J connectivity index is 2.28. The maximum absolute atomic E-state index is 12.4. The van der Waals surface area contributed by atoms with E-state index in [2.05, 4.69) is 0 Å². The highest BCUT2D eigenvalue weighted by Crippen LogP contribution is 2.30. The van der Waals surface area contributed by atoms with E-state index in [4.69, 9.17) is 5.11 Å². The summed E-state index contributed by atoms with van der Waals surface area (Å²) < 4.78 is 26.3. The van der Waals surface area contributed by atoms with Crippen molar-refractivity contribution in [3.63, 3.8) is 0 Å². The lowest BCUT2D eigenvalue weighted by atomic mass is 10.4. The minimum absolute atomic E-state index is 0.0473. The van der Waals surface area contributed by atoms with E-state index in [-0.39, 0.29) is 20.3 Å². The monoisotopic (exact) mass is 321 g/mol. The van der Waals surface area contributed by atoms with Gasteiger partial charge in [-0.05, 0) is 6.07 Å². The molecule has 5 nitrogen and oxygen atoms in total. The van der Waals surface area contributed by atoms with Crippen molar-refractivity contribution >= 4 is 39.1 Å². The van der Waals surface area contributed by atoms with Gasteiger partial charge in [-0.3, -0.25) is 0 Å². The molecule has 0 aromatic carbocycles. The summed E-state index contributed by atoms with van der Waals surface area (Å²) in [4.78, 5) is 11.0. The van der Waals surface area contributed by atoms with Gasteiger partial charge in [0.1, 0.15) is 4.88 Å². The van der Waals surface area contributed by atoms with Crippen LogP contribution in [0.3, 0.4) is 0 Å². The summed E-state index contributed by atoms with van der Waals surface area (Å²) in [5.74, 6) is -1.10. The number of sulfonamides is 1. The zero-order valence-corrected chi connectivity index (χ0v) is 13.0. The number of carboxylic acid groups (broad SMARTS) is 1. The Morgan fingerprint density at radius 2 is 1.95 bits per heavy atom. The smallest absolute Gasteiger partial charge is 0.345 e. The molecular weight excluding hydrogens is 306 g/mol. The fourth-order valence-electron chi connectivity index (χ4n) is 2.04. The fourth-order valence-corrected chi connectivity index (χ4v) is 6.27. The molecule has 1 aliphatic rings. The maximum Gasteiger partial charge on any atom is 0.345 e. The molecule has 1 aliphatic heterocycles. The van der Waals surface area contributed by atoms with Gasteiger partial charge in [0.15, 0.2) is 0 Å². The summed E-state index contributed by atoms with van der Waals surface area (Å²) in [5, 5.41) is 10.7. The van der Waals surface area contributed by atoms with Crippen LogP contribution in [0.4, 0.5) is 0 Å². The SMILES string of the molecule is CC1CN(S(=O)(=O)c2csc(C(=O)O)c2)CC(C)S1. The molecule has 0 amide bonds. The number of thiophene rings is 1. The second-order valence-electron chi connectivity index (χ2n) is 4.53. The van der Waals surface area contributed by atoms with Gasteiger partial charge in [-0.2, -0.15) is 16.1 Å². The lowest BCUT2D eigenvalue weighted by Gasteiger charge is -2.33. The third-order valence-electron chi connectivity index (χ3n) is 2.81. The Bertz CT molecular complexity index is 571. The van der Waals surface area contributed by atoms with Crippen LogP contribution < -0.4 is 0 Å². The topological polar surface area (TPSA) is 74.7 Å². The predicted octanol–water partition coefficient (Wildman–Crippen LogP) is 1.96. The second kappa shape index (κ2) is 5.43. The van der Waals surface area contributed by atoms with Crippen molar-refractivity contribution in [1.82, 2.24) is 4.31 Å². The van der Waals surface area contributed by atoms with E-state index < -0.39 is 16.0 Å². The van der Waals surface area contributed by atoms with Crippen LogP contribution in [0.25, 0.3) is 0 Å². The van der Waals surface area contributed by atoms with E-state index in [1.165, 1.54) is 15.8 Å². The lowest BCUT2D eigenvalue weighted by Crippen LogP contribution is -2.43. The molecule has 106 valence electrons. The van der Waals surface area contributed by atoms with E-state index in [0.717, 1.165) is 11.3 Å². The molecule has 0 spiro atoms. The van der Waals surface area contributed by atoms with Crippen LogP contribution in [-0.4, -0.2) is 47.4 Å². The first-order chi connectivity index (χ1) is 8.80. The first-order valence-corrected chi connectivity index (χ1v) is 9.04. The van der Waals surface area contributed by atoms with Crippen LogP contribution in [0.1, 0.15) is 23.5 Å². The molecule has 0 aliphatic carbocycles. The maximum atomic E-state index is 12.4. The molecule has 1 aromatic rings. The highest BCUT2D eigenvalue weighted by atomic mass is 32.2. The molecule has 8 heteroatoms. The molecule has 0 bridgehead atoms. The number of hydrogen-bond acceptors (Lipinski definition) is 5. The molecule has 1 aromatic heterocycles. The average molecular weight is 321 g/mol. The van der Waals surface area contributed by atoms with Crippen molar-refractivity contribution in [2.75, 3.05) is 13.1 Å². The molecular formula is C11H15NO4S3. The van der Waals surface area contributed by atoms with Gasteiger partial charge in [0.25, 0.3) is 0 Å². The summed E-state index contributed by atoms with van der Waals surface area (Å²) in [7, 11) is -3.57. The second-order valence-corrected chi connectivity index (χ2v) is 9.26. The quantitative estimate of drug-likeness (QED) is 0.921. The van der Waals surface area contributed by atoms with E-state index in [9.17, 15) is 13.2 Å². The zero-order valence-electron chi connectivity index (χ0n) is 10.6. The first-order valence-electron chi connectivity index (χ1n) is 5.78. The molecule has 1 saturated heterocycles. The van der Waals surface area contributed by atoms with E-state index in [1.54, 1.807) is 11.8 Å². The third kappa shape index (κ3) is 3.13. The van der Waals surface area contributed by atoms with Crippen LogP contribution in [0, 0.1) is 0 Å². The van der Waals surface area contributed by atoms with Crippen molar-refractivity contribution in [1.29, 1.82) is 0 Å². The molecule has 1 N–H and O–H groups in total. The molecule has 2 unspecified atom stereocenters. The minimum Gasteiger partial charge on any atom is -0.477 e. The normalized spacial score (nSPS) is 25.4. The Hall–Kier alpha value is -0.570. The average Bonchev–Trinajstić information content (AvgIpc) is 2.77. The summed E-state index contributed by atoms with van der Waals surface area (Å²) in [6, 6.07) is 1.24. The Morgan fingerprint density at radius 3 is 2.42 bits per heavy atom. The number of thioether (sulfide) groups is 1. The molecule has 2 heterocycles. The van der Waals surface area contributed by atoms with Gasteiger partial charge in [-0.15, -0.1) is 11.3 Å².